The molecule has 0 radical (unpaired) electrons. The van der Waals surface area contributed by atoms with Crippen LogP contribution in [0.25, 0.3) is 10.9 Å². The maximum absolute atomic E-state index is 13.4. The second-order valence-electron chi connectivity index (χ2n) is 8.42. The van der Waals surface area contributed by atoms with Crippen molar-refractivity contribution in [3.8, 4) is 0 Å². The average Bonchev–Trinajstić information content (AvgIpc) is 3.17. The minimum absolute atomic E-state index is 0.125. The summed E-state index contributed by atoms with van der Waals surface area (Å²) in [5, 5.41) is 3.67. The van der Waals surface area contributed by atoms with E-state index < -0.39 is 0 Å². The van der Waals surface area contributed by atoms with Gasteiger partial charge in [-0.05, 0) is 18.9 Å². The summed E-state index contributed by atoms with van der Waals surface area (Å²) in [4.78, 5) is 28.7. The first-order valence-electron chi connectivity index (χ1n) is 12.0. The fourth-order valence-corrected chi connectivity index (χ4v) is 4.28. The predicted octanol–water partition coefficient (Wildman–Crippen LogP) is 1.97. The number of pyridine rings is 1. The first-order chi connectivity index (χ1) is 16.7. The largest absolute Gasteiger partial charge is 0.382 e. The Kier molecular flexibility index (Phi) is 8.70. The first kappa shape index (κ1) is 24.4. The zero-order valence-corrected chi connectivity index (χ0v) is 19.8. The van der Waals surface area contributed by atoms with Crippen LogP contribution >= 0.6 is 0 Å². The molecule has 2 aromatic heterocycles. The van der Waals surface area contributed by atoms with Gasteiger partial charge in [0.15, 0.2) is 0 Å². The molecule has 9 heteroatoms. The molecule has 1 aromatic carbocycles. The third-order valence-electron chi connectivity index (χ3n) is 6.10. The molecule has 1 fully saturated rings. The van der Waals surface area contributed by atoms with Crippen LogP contribution in [0.2, 0.25) is 0 Å². The normalized spacial score (nSPS) is 14.7. The molecule has 1 N–H and O–H groups in total. The van der Waals surface area contributed by atoms with Gasteiger partial charge in [0.05, 0.1) is 49.6 Å². The predicted molar refractivity (Wildman–Crippen MR) is 130 cm³/mol. The topological polar surface area (TPSA) is 90.7 Å². The summed E-state index contributed by atoms with van der Waals surface area (Å²) in [6.07, 6.45) is 0.681. The molecule has 34 heavy (non-hydrogen) atoms. The standard InChI is InChI=1S/C25H34N4O5/c1-2-32-14-6-9-28-22(19-34-18-20-7-4-3-5-8-20)24-21(17-23(28)30)26-29(25(24)31)11-10-27-12-15-33-16-13-27/h3-5,7-8,17,26H,2,6,9-16,18-19H2,1H3. The van der Waals surface area contributed by atoms with Gasteiger partial charge in [-0.15, -0.1) is 0 Å². The Morgan fingerprint density at radius 2 is 1.79 bits per heavy atom. The molecule has 1 aliphatic heterocycles. The molecule has 1 aliphatic rings. The van der Waals surface area contributed by atoms with Crippen molar-refractivity contribution in [2.24, 2.45) is 0 Å². The third kappa shape index (κ3) is 6.04. The van der Waals surface area contributed by atoms with E-state index in [1.54, 1.807) is 9.25 Å². The number of fused-ring (bicyclic) bond motifs is 1. The lowest BCUT2D eigenvalue weighted by atomic mass is 10.2. The molecule has 184 valence electrons. The van der Waals surface area contributed by atoms with Gasteiger partial charge in [0, 0.05) is 45.5 Å². The summed E-state index contributed by atoms with van der Waals surface area (Å²) < 4.78 is 20.1. The highest BCUT2D eigenvalue weighted by Crippen LogP contribution is 2.15. The highest BCUT2D eigenvalue weighted by Gasteiger charge is 2.18. The van der Waals surface area contributed by atoms with Crippen LogP contribution in [0, 0.1) is 0 Å². The molecule has 0 bridgehead atoms. The number of morpholine rings is 1. The van der Waals surface area contributed by atoms with Crippen molar-refractivity contribution in [3.63, 3.8) is 0 Å². The average molecular weight is 471 g/mol. The van der Waals surface area contributed by atoms with E-state index in [1.165, 1.54) is 6.07 Å². The fourth-order valence-electron chi connectivity index (χ4n) is 4.28. The molecule has 0 unspecified atom stereocenters. The quantitative estimate of drug-likeness (QED) is 0.407. The SMILES string of the molecule is CCOCCCn1c(COCc2ccccc2)c2c(=O)n(CCN3CCOCC3)[nH]c2cc1=O. The number of ether oxygens (including phenoxy) is 3. The second kappa shape index (κ2) is 12.1. The number of nitrogens with one attached hydrogen (secondary N) is 1. The number of H-pyrrole nitrogens is 1. The van der Waals surface area contributed by atoms with Gasteiger partial charge in [0.2, 0.25) is 0 Å². The van der Waals surface area contributed by atoms with E-state index >= 15 is 0 Å². The first-order valence-corrected chi connectivity index (χ1v) is 12.0. The van der Waals surface area contributed by atoms with Gasteiger partial charge in [-0.25, -0.2) is 0 Å². The van der Waals surface area contributed by atoms with E-state index in [4.69, 9.17) is 14.2 Å². The van der Waals surface area contributed by atoms with Gasteiger partial charge < -0.3 is 18.8 Å². The smallest absolute Gasteiger partial charge is 0.276 e. The van der Waals surface area contributed by atoms with Crippen LogP contribution in [0.1, 0.15) is 24.6 Å². The summed E-state index contributed by atoms with van der Waals surface area (Å²) in [5.41, 5.74) is 1.93. The number of hydrogen-bond donors (Lipinski definition) is 1. The van der Waals surface area contributed by atoms with Crippen molar-refractivity contribution >= 4 is 10.9 Å². The molecule has 0 atom stereocenters. The number of rotatable bonds is 12. The molecular formula is C25H34N4O5. The van der Waals surface area contributed by atoms with Gasteiger partial charge in [0.1, 0.15) is 0 Å². The van der Waals surface area contributed by atoms with Crippen LogP contribution in [-0.4, -0.2) is 65.3 Å². The van der Waals surface area contributed by atoms with Crippen molar-refractivity contribution in [2.75, 3.05) is 46.1 Å². The maximum atomic E-state index is 13.4. The molecule has 0 saturated carbocycles. The lowest BCUT2D eigenvalue weighted by Crippen LogP contribution is -2.39. The summed E-state index contributed by atoms with van der Waals surface area (Å²) in [6, 6.07) is 11.4. The van der Waals surface area contributed by atoms with Gasteiger partial charge in [-0.1, -0.05) is 30.3 Å². The van der Waals surface area contributed by atoms with E-state index in [0.29, 0.717) is 69.1 Å². The Hall–Kier alpha value is -2.72. The van der Waals surface area contributed by atoms with E-state index in [9.17, 15) is 9.59 Å². The lowest BCUT2D eigenvalue weighted by Gasteiger charge is -2.26. The van der Waals surface area contributed by atoms with Gasteiger partial charge >= 0.3 is 0 Å². The number of aromatic amines is 1. The minimum atomic E-state index is -0.149. The molecule has 0 aliphatic carbocycles. The summed E-state index contributed by atoms with van der Waals surface area (Å²) in [6.45, 7) is 8.59. The van der Waals surface area contributed by atoms with Gasteiger partial charge in [-0.3, -0.25) is 24.3 Å². The number of benzene rings is 1. The number of hydrogen-bond acceptors (Lipinski definition) is 6. The lowest BCUT2D eigenvalue weighted by molar-refractivity contribution is 0.0359. The van der Waals surface area contributed by atoms with Crippen molar-refractivity contribution in [2.45, 2.75) is 39.6 Å². The summed E-state index contributed by atoms with van der Waals surface area (Å²) in [5.74, 6) is 0. The minimum Gasteiger partial charge on any atom is -0.382 e. The molecule has 0 amide bonds. The van der Waals surface area contributed by atoms with E-state index in [1.807, 2.05) is 37.3 Å². The van der Waals surface area contributed by atoms with Crippen LogP contribution < -0.4 is 11.1 Å². The van der Waals surface area contributed by atoms with Crippen molar-refractivity contribution < 1.29 is 14.2 Å². The molecule has 0 spiro atoms. The van der Waals surface area contributed by atoms with Gasteiger partial charge in [-0.2, -0.15) is 0 Å². The van der Waals surface area contributed by atoms with Crippen LogP contribution in [-0.2, 0) is 40.5 Å². The highest BCUT2D eigenvalue weighted by molar-refractivity contribution is 5.80. The van der Waals surface area contributed by atoms with Crippen LogP contribution in [0.3, 0.4) is 0 Å². The van der Waals surface area contributed by atoms with Gasteiger partial charge in [0.25, 0.3) is 11.1 Å². The molecule has 3 heterocycles. The number of aromatic nitrogens is 3. The molecule has 3 aromatic rings. The molecule has 4 rings (SSSR count). The van der Waals surface area contributed by atoms with Crippen LogP contribution in [0.5, 0.6) is 0 Å². The van der Waals surface area contributed by atoms with E-state index in [0.717, 1.165) is 25.2 Å². The fraction of sp³-hybridized carbons (Fsp3) is 0.520. The third-order valence-corrected chi connectivity index (χ3v) is 6.10. The van der Waals surface area contributed by atoms with Crippen molar-refractivity contribution in [3.05, 3.63) is 68.4 Å². The Morgan fingerprint density at radius 1 is 1.00 bits per heavy atom. The van der Waals surface area contributed by atoms with Crippen molar-refractivity contribution in [1.82, 2.24) is 19.2 Å². The molecular weight excluding hydrogens is 436 g/mol. The molecule has 1 saturated heterocycles. The summed E-state index contributed by atoms with van der Waals surface area (Å²) >= 11 is 0. The number of nitrogens with zero attached hydrogens (tertiary/aromatic N) is 3. The zero-order chi connectivity index (χ0) is 23.8. The Morgan fingerprint density at radius 3 is 2.56 bits per heavy atom. The monoisotopic (exact) mass is 470 g/mol. The van der Waals surface area contributed by atoms with Crippen molar-refractivity contribution in [1.29, 1.82) is 0 Å². The second-order valence-corrected chi connectivity index (χ2v) is 8.42. The highest BCUT2D eigenvalue weighted by atomic mass is 16.5. The zero-order valence-electron chi connectivity index (χ0n) is 19.8. The Labute approximate surface area is 198 Å². The molecule has 9 nitrogen and oxygen atoms in total. The van der Waals surface area contributed by atoms with E-state index in [2.05, 4.69) is 10.00 Å². The maximum Gasteiger partial charge on any atom is 0.276 e. The summed E-state index contributed by atoms with van der Waals surface area (Å²) in [7, 11) is 0. The van der Waals surface area contributed by atoms with E-state index in [-0.39, 0.29) is 17.7 Å². The van der Waals surface area contributed by atoms with Crippen LogP contribution in [0.15, 0.2) is 46.0 Å². The Balaban J connectivity index is 1.59. The Bertz CT molecular complexity index is 1160. The van der Waals surface area contributed by atoms with Crippen LogP contribution in [0.4, 0.5) is 0 Å².